The first-order chi connectivity index (χ1) is 6.73. The Morgan fingerprint density at radius 2 is 2.00 bits per heavy atom. The summed E-state index contributed by atoms with van der Waals surface area (Å²) in [5.74, 6) is 0. The number of pyridine rings is 1. The molecule has 0 saturated heterocycles. The van der Waals surface area contributed by atoms with Crippen LogP contribution in [0.5, 0.6) is 0 Å². The molecule has 0 saturated carbocycles. The minimum Gasteiger partial charge on any atom is -0.226 e. The van der Waals surface area contributed by atoms with Gasteiger partial charge in [0.05, 0.1) is 5.02 Å². The summed E-state index contributed by atoms with van der Waals surface area (Å²) in [5, 5.41) is -1.01. The summed E-state index contributed by atoms with van der Waals surface area (Å²) >= 11 is 8.24. The fourth-order valence-corrected chi connectivity index (χ4v) is 2.20. The van der Waals surface area contributed by atoms with Gasteiger partial charge in [0.1, 0.15) is 4.60 Å². The normalized spacial score (nSPS) is 12.1. The highest BCUT2D eigenvalue weighted by molar-refractivity contribution is 9.10. The monoisotopic (exact) mass is 339 g/mol. The van der Waals surface area contributed by atoms with Crippen LogP contribution in [-0.2, 0) is 9.05 Å². The minimum atomic E-state index is -4.16. The van der Waals surface area contributed by atoms with E-state index in [1.807, 2.05) is 0 Å². The number of halogens is 5. The van der Waals surface area contributed by atoms with E-state index in [2.05, 4.69) is 20.9 Å². The molecular formula is C6H2BrCl2F2NO2S. The van der Waals surface area contributed by atoms with E-state index in [0.717, 1.165) is 0 Å². The average Bonchev–Trinajstić information content (AvgIpc) is 2.06. The highest BCUT2D eigenvalue weighted by Gasteiger charge is 2.21. The molecule has 84 valence electrons. The van der Waals surface area contributed by atoms with Gasteiger partial charge in [-0.25, -0.2) is 22.2 Å². The zero-order valence-corrected chi connectivity index (χ0v) is 10.6. The summed E-state index contributed by atoms with van der Waals surface area (Å²) in [4.78, 5) is 3.42. The summed E-state index contributed by atoms with van der Waals surface area (Å²) in [5.41, 5.74) is -0.641. The van der Waals surface area contributed by atoms with E-state index in [0.29, 0.717) is 6.07 Å². The lowest BCUT2D eigenvalue weighted by Gasteiger charge is -2.06. The van der Waals surface area contributed by atoms with Crippen molar-refractivity contribution < 1.29 is 17.2 Å². The number of nitrogens with zero attached hydrogens (tertiary/aromatic N) is 1. The van der Waals surface area contributed by atoms with E-state index in [9.17, 15) is 17.2 Å². The molecule has 0 spiro atoms. The first-order valence-corrected chi connectivity index (χ1v) is 6.80. The standard InChI is InChI=1S/C6H2BrCl2F2NO2S/c7-5-4(8)2(6(10)11)1-3(12-5)15(9,13)14/h1,6H. The molecule has 15 heavy (non-hydrogen) atoms. The van der Waals surface area contributed by atoms with Crippen molar-refractivity contribution in [3.05, 3.63) is 21.3 Å². The van der Waals surface area contributed by atoms with Crippen molar-refractivity contribution in [2.24, 2.45) is 0 Å². The van der Waals surface area contributed by atoms with Crippen LogP contribution in [0.3, 0.4) is 0 Å². The zero-order valence-electron chi connectivity index (χ0n) is 6.72. The van der Waals surface area contributed by atoms with Gasteiger partial charge in [0.15, 0.2) is 5.03 Å². The molecule has 0 unspecified atom stereocenters. The van der Waals surface area contributed by atoms with Gasteiger partial charge in [0.25, 0.3) is 15.5 Å². The fourth-order valence-electron chi connectivity index (χ4n) is 0.777. The van der Waals surface area contributed by atoms with Crippen LogP contribution in [0.25, 0.3) is 0 Å². The van der Waals surface area contributed by atoms with Gasteiger partial charge in [-0.2, -0.15) is 0 Å². The molecule has 1 aromatic heterocycles. The third-order valence-corrected chi connectivity index (χ3v) is 3.79. The van der Waals surface area contributed by atoms with Crippen LogP contribution in [0.4, 0.5) is 8.78 Å². The van der Waals surface area contributed by atoms with Gasteiger partial charge in [0.2, 0.25) is 0 Å². The van der Waals surface area contributed by atoms with Crippen molar-refractivity contribution >= 4 is 47.3 Å². The van der Waals surface area contributed by atoms with Gasteiger partial charge >= 0.3 is 0 Å². The second-order valence-electron chi connectivity index (χ2n) is 2.39. The van der Waals surface area contributed by atoms with E-state index < -0.39 is 26.1 Å². The third kappa shape index (κ3) is 2.99. The largest absolute Gasteiger partial charge is 0.278 e. The van der Waals surface area contributed by atoms with Gasteiger partial charge in [-0.05, 0) is 22.0 Å². The Morgan fingerprint density at radius 1 is 1.47 bits per heavy atom. The van der Waals surface area contributed by atoms with Gasteiger partial charge in [-0.15, -0.1) is 0 Å². The van der Waals surface area contributed by atoms with E-state index in [4.69, 9.17) is 22.3 Å². The molecule has 1 aromatic rings. The maximum atomic E-state index is 12.4. The second-order valence-corrected chi connectivity index (χ2v) is 6.03. The van der Waals surface area contributed by atoms with Crippen LogP contribution in [-0.4, -0.2) is 13.4 Å². The molecule has 0 fully saturated rings. The lowest BCUT2D eigenvalue weighted by molar-refractivity contribution is 0.151. The Hall–Kier alpha value is 0.0200. The molecule has 0 bridgehead atoms. The Labute approximate surface area is 102 Å². The van der Waals surface area contributed by atoms with Crippen LogP contribution in [0, 0.1) is 0 Å². The van der Waals surface area contributed by atoms with Crippen LogP contribution in [0.15, 0.2) is 15.7 Å². The lowest BCUT2D eigenvalue weighted by atomic mass is 10.3. The third-order valence-electron chi connectivity index (χ3n) is 1.41. The Bertz CT molecular complexity index is 494. The molecule has 0 aliphatic heterocycles. The molecule has 0 amide bonds. The molecule has 1 rings (SSSR count). The van der Waals surface area contributed by atoms with Crippen molar-refractivity contribution in [1.29, 1.82) is 0 Å². The molecule has 0 radical (unpaired) electrons. The molecule has 9 heteroatoms. The maximum Gasteiger partial charge on any atom is 0.278 e. The van der Waals surface area contributed by atoms with Crippen LogP contribution < -0.4 is 0 Å². The summed E-state index contributed by atoms with van der Waals surface area (Å²) in [7, 11) is 0.801. The predicted molar refractivity (Wildman–Crippen MR) is 54.9 cm³/mol. The molecule has 0 N–H and O–H groups in total. The number of hydrogen-bond acceptors (Lipinski definition) is 3. The topological polar surface area (TPSA) is 47.0 Å². The highest BCUT2D eigenvalue weighted by Crippen LogP contribution is 2.33. The zero-order chi connectivity index (χ0) is 11.8. The Balaban J connectivity index is 3.50. The first-order valence-electron chi connectivity index (χ1n) is 3.32. The first kappa shape index (κ1) is 13.1. The average molecular weight is 341 g/mol. The molecule has 0 atom stereocenters. The predicted octanol–water partition coefficient (Wildman–Crippen LogP) is 3.36. The van der Waals surface area contributed by atoms with Gasteiger partial charge in [-0.1, -0.05) is 11.6 Å². The minimum absolute atomic E-state index is 0.193. The molecular weight excluding hydrogens is 339 g/mol. The van der Waals surface area contributed by atoms with Crippen molar-refractivity contribution in [1.82, 2.24) is 4.98 Å². The van der Waals surface area contributed by atoms with Gasteiger partial charge < -0.3 is 0 Å². The van der Waals surface area contributed by atoms with Crippen molar-refractivity contribution in [3.8, 4) is 0 Å². The molecule has 0 aliphatic carbocycles. The number of hydrogen-bond donors (Lipinski definition) is 0. The summed E-state index contributed by atoms with van der Waals surface area (Å²) in [6.07, 6.45) is -2.91. The number of alkyl halides is 2. The molecule has 0 aliphatic rings. The van der Waals surface area contributed by atoms with Crippen molar-refractivity contribution in [2.45, 2.75) is 11.5 Å². The van der Waals surface area contributed by atoms with Gasteiger partial charge in [0, 0.05) is 16.2 Å². The van der Waals surface area contributed by atoms with E-state index in [-0.39, 0.29) is 9.63 Å². The van der Waals surface area contributed by atoms with E-state index in [1.165, 1.54) is 0 Å². The quantitative estimate of drug-likeness (QED) is 0.612. The number of rotatable bonds is 2. The fraction of sp³-hybridized carbons (Fsp3) is 0.167. The Kier molecular flexibility index (Phi) is 3.91. The highest BCUT2D eigenvalue weighted by atomic mass is 79.9. The molecule has 0 aromatic carbocycles. The maximum absolute atomic E-state index is 12.4. The van der Waals surface area contributed by atoms with Crippen molar-refractivity contribution in [2.75, 3.05) is 0 Å². The van der Waals surface area contributed by atoms with E-state index in [1.54, 1.807) is 0 Å². The number of aromatic nitrogens is 1. The van der Waals surface area contributed by atoms with Crippen molar-refractivity contribution in [3.63, 3.8) is 0 Å². The van der Waals surface area contributed by atoms with Gasteiger partial charge in [-0.3, -0.25) is 0 Å². The molecule has 3 nitrogen and oxygen atoms in total. The SMILES string of the molecule is O=S(=O)(Cl)c1cc(C(F)F)c(Cl)c(Br)n1. The van der Waals surface area contributed by atoms with E-state index >= 15 is 0 Å². The van der Waals surface area contributed by atoms with Crippen LogP contribution in [0.1, 0.15) is 12.0 Å². The smallest absolute Gasteiger partial charge is 0.226 e. The summed E-state index contributed by atoms with van der Waals surface area (Å²) in [6, 6.07) is 0.639. The molecule has 1 heterocycles. The van der Waals surface area contributed by atoms with Crippen LogP contribution in [0.2, 0.25) is 5.02 Å². The Morgan fingerprint density at radius 3 is 2.40 bits per heavy atom. The summed E-state index contributed by atoms with van der Waals surface area (Å²) < 4.78 is 46.3. The van der Waals surface area contributed by atoms with Crippen LogP contribution >= 0.6 is 38.2 Å². The second kappa shape index (κ2) is 4.48. The lowest BCUT2D eigenvalue weighted by Crippen LogP contribution is -1.99. The summed E-state index contributed by atoms with van der Waals surface area (Å²) in [6.45, 7) is 0.